The summed E-state index contributed by atoms with van der Waals surface area (Å²) in [5.41, 5.74) is 2.29. The van der Waals surface area contributed by atoms with Crippen LogP contribution in [0.15, 0.2) is 53.4 Å². The van der Waals surface area contributed by atoms with E-state index in [1.165, 1.54) is 34.1 Å². The van der Waals surface area contributed by atoms with Crippen molar-refractivity contribution in [1.29, 1.82) is 5.26 Å². The van der Waals surface area contributed by atoms with Crippen LogP contribution >= 0.6 is 0 Å². The number of terminal acetylenes is 1. The van der Waals surface area contributed by atoms with Crippen molar-refractivity contribution in [3.05, 3.63) is 75.9 Å². The molecule has 1 atom stereocenters. The number of aromatic amines is 1. The van der Waals surface area contributed by atoms with Gasteiger partial charge in [0, 0.05) is 65.0 Å². The van der Waals surface area contributed by atoms with E-state index >= 15 is 0 Å². The van der Waals surface area contributed by atoms with Gasteiger partial charge in [0.05, 0.1) is 81.1 Å². The zero-order valence-electron chi connectivity index (χ0n) is 40.9. The number of nitrogens with one attached hydrogen (secondary N) is 3. The number of hydrogen-bond acceptors (Lipinski definition) is 17. The van der Waals surface area contributed by atoms with E-state index in [0.29, 0.717) is 64.5 Å². The summed E-state index contributed by atoms with van der Waals surface area (Å²) in [6.07, 6.45) is 8.40. The molecule has 0 bridgehead atoms. The Morgan fingerprint density at radius 1 is 0.945 bits per heavy atom. The van der Waals surface area contributed by atoms with Gasteiger partial charge in [-0.05, 0) is 37.6 Å². The highest BCUT2D eigenvalue weighted by atomic mass is 32.2. The van der Waals surface area contributed by atoms with E-state index < -0.39 is 51.3 Å². The summed E-state index contributed by atoms with van der Waals surface area (Å²) >= 11 is 0. The smallest absolute Gasteiger partial charge is 0.295 e. The minimum absolute atomic E-state index is 0.0198. The fraction of sp³-hybridized carbons (Fsp3) is 0.479. The van der Waals surface area contributed by atoms with Crippen LogP contribution in [0.3, 0.4) is 0 Å². The fourth-order valence-electron chi connectivity index (χ4n) is 7.85. The number of allylic oxidation sites excluding steroid dienone is 1. The molecule has 0 aliphatic carbocycles. The number of piperazine rings is 1. The average Bonchev–Trinajstić information content (AvgIpc) is 4.06. The number of H-pyrrole nitrogens is 1. The highest BCUT2D eigenvalue weighted by molar-refractivity contribution is 7.85. The van der Waals surface area contributed by atoms with Crippen LogP contribution in [-0.4, -0.2) is 208 Å². The van der Waals surface area contributed by atoms with Crippen LogP contribution in [0.25, 0.3) is 17.2 Å². The van der Waals surface area contributed by atoms with Gasteiger partial charge < -0.3 is 49.1 Å². The van der Waals surface area contributed by atoms with Gasteiger partial charge in [-0.1, -0.05) is 36.3 Å². The first-order valence-corrected chi connectivity index (χ1v) is 24.9. The molecule has 0 saturated carbocycles. The molecule has 2 aromatic heterocycles. The van der Waals surface area contributed by atoms with E-state index in [2.05, 4.69) is 49.4 Å². The molecule has 392 valence electrons. The fourth-order valence-corrected chi connectivity index (χ4v) is 8.50. The molecule has 0 spiro atoms. The predicted molar refractivity (Wildman–Crippen MR) is 264 cm³/mol. The summed E-state index contributed by atoms with van der Waals surface area (Å²) in [5, 5.41) is 19.8. The number of carbonyl (C=O) groups excluding carboxylic acids is 5. The van der Waals surface area contributed by atoms with Crippen molar-refractivity contribution >= 4 is 63.4 Å². The number of benzene rings is 1. The highest BCUT2D eigenvalue weighted by Gasteiger charge is 2.33. The molecule has 2 aliphatic rings. The summed E-state index contributed by atoms with van der Waals surface area (Å²) in [5.74, 6) is -1.99. The number of hydrogen-bond donors (Lipinski definition) is 4. The molecular formula is C48H61N11O13S. The van der Waals surface area contributed by atoms with E-state index in [-0.39, 0.29) is 99.1 Å². The van der Waals surface area contributed by atoms with Crippen LogP contribution in [-0.2, 0) is 48.2 Å². The van der Waals surface area contributed by atoms with Crippen molar-refractivity contribution < 1.29 is 60.6 Å². The molecule has 24 nitrogen and oxygen atoms in total. The molecule has 73 heavy (non-hydrogen) atoms. The number of ketones is 1. The van der Waals surface area contributed by atoms with Crippen molar-refractivity contribution in [1.82, 2.24) is 45.1 Å². The van der Waals surface area contributed by atoms with E-state index in [1.54, 1.807) is 6.92 Å². The third kappa shape index (κ3) is 17.0. The van der Waals surface area contributed by atoms with E-state index in [1.807, 2.05) is 35.2 Å². The first kappa shape index (κ1) is 56.8. The number of methoxy groups -OCH3 is 1. The largest absolute Gasteiger partial charge is 0.501 e. The summed E-state index contributed by atoms with van der Waals surface area (Å²) < 4.78 is 61.1. The first-order valence-electron chi connectivity index (χ1n) is 23.3. The van der Waals surface area contributed by atoms with Gasteiger partial charge in [-0.2, -0.15) is 18.4 Å². The quantitative estimate of drug-likeness (QED) is 0.0133. The number of carbonyl (C=O) groups is 5. The predicted octanol–water partition coefficient (Wildman–Crippen LogP) is -1.19. The lowest BCUT2D eigenvalue weighted by atomic mass is 9.93. The number of likely N-dealkylation sites (tertiary alicyclic amines) is 1. The topological polar surface area (TPSA) is 302 Å². The second kappa shape index (κ2) is 28.8. The Hall–Kier alpha value is -7.10. The van der Waals surface area contributed by atoms with E-state index in [4.69, 9.17) is 30.1 Å². The second-order valence-corrected chi connectivity index (χ2v) is 17.9. The molecule has 5 rings (SSSR count). The van der Waals surface area contributed by atoms with Gasteiger partial charge in [0.2, 0.25) is 17.6 Å². The lowest BCUT2D eigenvalue weighted by molar-refractivity contribution is -0.137. The Kier molecular flexibility index (Phi) is 22.4. The molecule has 4 N–H and O–H groups in total. The maximum atomic E-state index is 13.8. The van der Waals surface area contributed by atoms with E-state index in [9.17, 15) is 42.2 Å². The SMILES string of the molecule is C#CCOCCOCCOCCOCCC(=O)N[C@@H](CS(=O)(=O)O)C(=O)N1CCN(CCNC(=O)c2ncn(/C(N=C)=c3\[nH]cc(C(=O)C(=O)N4CCC(=C(C#N)c5ccccc5)CC4)\c3=C(\C)OC)n2)CC1. The summed E-state index contributed by atoms with van der Waals surface area (Å²) in [6, 6.07) is 10.1. The Balaban J connectivity index is 1.09. The third-order valence-corrected chi connectivity index (χ3v) is 12.4. The van der Waals surface area contributed by atoms with Crippen LogP contribution in [0.2, 0.25) is 0 Å². The Morgan fingerprint density at radius 3 is 2.19 bits per heavy atom. The second-order valence-electron chi connectivity index (χ2n) is 16.4. The number of Topliss-reactive ketones (excluding diaryl/α,β-unsaturated/α-hetero) is 1. The number of aliphatic imine (C=N–C) groups is 1. The maximum absolute atomic E-state index is 13.8. The molecule has 4 amide bonds. The summed E-state index contributed by atoms with van der Waals surface area (Å²) in [7, 11) is -3.24. The van der Waals surface area contributed by atoms with Gasteiger partial charge in [0.1, 0.15) is 30.5 Å². The van der Waals surface area contributed by atoms with Crippen molar-refractivity contribution in [3.8, 4) is 18.4 Å². The van der Waals surface area contributed by atoms with Crippen LogP contribution < -0.4 is 21.2 Å². The average molecular weight is 1030 g/mol. The minimum atomic E-state index is -4.65. The number of nitrogens with zero attached hydrogens (tertiary/aromatic N) is 8. The van der Waals surface area contributed by atoms with Crippen LogP contribution in [0, 0.1) is 23.7 Å². The van der Waals surface area contributed by atoms with E-state index in [0.717, 1.165) is 11.1 Å². The number of amides is 4. The Morgan fingerprint density at radius 2 is 1.59 bits per heavy atom. The Bertz CT molecular complexity index is 2760. The normalized spacial score (nSPS) is 15.3. The zero-order chi connectivity index (χ0) is 52.8. The van der Waals surface area contributed by atoms with Crippen LogP contribution in [0.5, 0.6) is 0 Å². The summed E-state index contributed by atoms with van der Waals surface area (Å²) in [6.45, 7) is 9.39. The molecular weight excluding hydrogens is 971 g/mol. The molecule has 4 heterocycles. The van der Waals surface area contributed by atoms with Crippen molar-refractivity contribution in [3.63, 3.8) is 0 Å². The molecule has 2 fully saturated rings. The van der Waals surface area contributed by atoms with Gasteiger partial charge in [0.25, 0.3) is 27.7 Å². The molecule has 25 heteroatoms. The molecule has 1 aromatic carbocycles. The standard InChI is InChI=1S/C48H61N11O13S/c1-5-22-69-24-26-71-28-29-72-27-25-70-23-13-40(60)54-39(32-73(65,66)67)47(63)58-20-18-56(19-21-58)17-14-51-46(62)44-53-33-59(55-44)45(50-3)42-41(34(2)68-4)38(31-52-42)43(61)48(64)57-15-11-36(12-16-57)37(30-49)35-9-7-6-8-10-35/h1,6-10,31,33,39,52H,3,11-29,32H2,2,4H3,(H,51,62)(H,54,60)(H,65,66,67)/b41-34+,45-42-/t39-/m0/s1. The number of piperidine rings is 1. The number of nitriles is 1. The maximum Gasteiger partial charge on any atom is 0.295 e. The monoisotopic (exact) mass is 1030 g/mol. The van der Waals surface area contributed by atoms with Gasteiger partial charge in [-0.25, -0.2) is 9.98 Å². The summed E-state index contributed by atoms with van der Waals surface area (Å²) in [4.78, 5) is 82.8. The number of rotatable bonds is 27. The van der Waals surface area contributed by atoms with Gasteiger partial charge in [0.15, 0.2) is 5.82 Å². The molecule has 0 radical (unpaired) electrons. The van der Waals surface area contributed by atoms with Gasteiger partial charge >= 0.3 is 0 Å². The third-order valence-electron chi connectivity index (χ3n) is 11.6. The lowest BCUT2D eigenvalue weighted by Gasteiger charge is -2.36. The van der Waals surface area contributed by atoms with Crippen LogP contribution in [0.4, 0.5) is 0 Å². The molecule has 2 saturated heterocycles. The minimum Gasteiger partial charge on any atom is -0.501 e. The van der Waals surface area contributed by atoms with Crippen molar-refractivity contribution in [2.75, 3.05) is 118 Å². The number of ether oxygens (including phenoxy) is 5. The van der Waals surface area contributed by atoms with Crippen molar-refractivity contribution in [2.24, 2.45) is 4.99 Å². The van der Waals surface area contributed by atoms with Gasteiger partial charge in [-0.3, -0.25) is 33.4 Å². The highest BCUT2D eigenvalue weighted by Crippen LogP contribution is 2.26. The Labute approximate surface area is 422 Å². The first-order chi connectivity index (χ1) is 35.2. The molecule has 2 aliphatic heterocycles. The molecule has 0 unspecified atom stereocenters. The molecule has 3 aromatic rings. The van der Waals surface area contributed by atoms with Crippen LogP contribution in [0.1, 0.15) is 52.7 Å². The lowest BCUT2D eigenvalue weighted by Crippen LogP contribution is -2.57. The van der Waals surface area contributed by atoms with Gasteiger partial charge in [-0.15, -0.1) is 11.5 Å². The number of aromatic nitrogens is 4. The zero-order valence-corrected chi connectivity index (χ0v) is 41.7. The van der Waals surface area contributed by atoms with Crippen molar-refractivity contribution in [2.45, 2.75) is 32.2 Å².